The smallest absolute Gasteiger partial charge is 0.128 e. The average Bonchev–Trinajstić information content (AvgIpc) is 3.01. The molecule has 0 spiro atoms. The molecule has 1 heterocycles. The molecule has 0 aliphatic carbocycles. The molecule has 1 aliphatic rings. The zero-order valence-corrected chi connectivity index (χ0v) is 12.6. The summed E-state index contributed by atoms with van der Waals surface area (Å²) in [5.74, 6) is 1.85. The van der Waals surface area contributed by atoms with Crippen molar-refractivity contribution in [3.63, 3.8) is 0 Å². The summed E-state index contributed by atoms with van der Waals surface area (Å²) < 4.78 is 6.84. The summed E-state index contributed by atoms with van der Waals surface area (Å²) in [5, 5.41) is 3.28. The maximum Gasteiger partial charge on any atom is 0.128 e. The molecule has 0 aromatic heterocycles. The van der Waals surface area contributed by atoms with E-state index in [0.29, 0.717) is 6.61 Å². The van der Waals surface area contributed by atoms with Crippen LogP contribution in [0.3, 0.4) is 0 Å². The Labute approximate surface area is 126 Å². The van der Waals surface area contributed by atoms with Gasteiger partial charge in [-0.15, -0.1) is 0 Å². The fourth-order valence-electron chi connectivity index (χ4n) is 2.10. The van der Waals surface area contributed by atoms with Gasteiger partial charge in [-0.05, 0) is 35.9 Å². The molecule has 0 saturated carbocycles. The summed E-state index contributed by atoms with van der Waals surface area (Å²) in [5.41, 5.74) is 2.27. The minimum absolute atomic E-state index is 0.558. The van der Waals surface area contributed by atoms with E-state index in [-0.39, 0.29) is 0 Å². The molecule has 4 heteroatoms. The molecular weight excluding hydrogens is 316 g/mol. The minimum Gasteiger partial charge on any atom is -0.489 e. The highest BCUT2D eigenvalue weighted by Crippen LogP contribution is 2.17. The van der Waals surface area contributed by atoms with Crippen LogP contribution in [0.25, 0.3) is 0 Å². The Kier molecular flexibility index (Phi) is 4.02. The fraction of sp³-hybridized carbons (Fsp3) is 0.188. The quantitative estimate of drug-likeness (QED) is 0.932. The van der Waals surface area contributed by atoms with Gasteiger partial charge in [-0.3, -0.25) is 4.99 Å². The maximum atomic E-state index is 5.78. The van der Waals surface area contributed by atoms with Crippen LogP contribution in [0.1, 0.15) is 11.1 Å². The van der Waals surface area contributed by atoms with Gasteiger partial charge in [-0.2, -0.15) is 0 Å². The molecule has 3 rings (SSSR count). The summed E-state index contributed by atoms with van der Waals surface area (Å²) in [6, 6.07) is 16.2. The van der Waals surface area contributed by atoms with Crippen molar-refractivity contribution in [3.05, 3.63) is 64.1 Å². The molecular formula is C16H15BrN2O. The van der Waals surface area contributed by atoms with Crippen molar-refractivity contribution in [2.24, 2.45) is 4.99 Å². The first-order valence-corrected chi connectivity index (χ1v) is 7.36. The molecule has 2 aromatic carbocycles. The van der Waals surface area contributed by atoms with E-state index in [0.717, 1.165) is 40.3 Å². The van der Waals surface area contributed by atoms with Crippen LogP contribution in [0, 0.1) is 0 Å². The van der Waals surface area contributed by atoms with E-state index in [1.165, 1.54) is 0 Å². The molecule has 1 N–H and O–H groups in total. The Hall–Kier alpha value is -1.81. The highest BCUT2D eigenvalue weighted by Gasteiger charge is 2.08. The highest BCUT2D eigenvalue weighted by molar-refractivity contribution is 9.10. The van der Waals surface area contributed by atoms with Crippen molar-refractivity contribution in [1.82, 2.24) is 5.32 Å². The largest absolute Gasteiger partial charge is 0.489 e. The number of amidine groups is 1. The monoisotopic (exact) mass is 330 g/mol. The number of rotatable bonds is 4. The number of ether oxygens (including phenoxy) is 1. The number of halogens is 1. The Morgan fingerprint density at radius 1 is 1.15 bits per heavy atom. The lowest BCUT2D eigenvalue weighted by Gasteiger charge is -2.08. The molecule has 0 bridgehead atoms. The first kappa shape index (κ1) is 13.2. The van der Waals surface area contributed by atoms with E-state index >= 15 is 0 Å². The van der Waals surface area contributed by atoms with E-state index in [9.17, 15) is 0 Å². The van der Waals surface area contributed by atoms with E-state index < -0.39 is 0 Å². The Morgan fingerprint density at radius 3 is 2.75 bits per heavy atom. The van der Waals surface area contributed by atoms with Crippen LogP contribution in [-0.2, 0) is 6.61 Å². The van der Waals surface area contributed by atoms with Crippen LogP contribution in [0.4, 0.5) is 0 Å². The van der Waals surface area contributed by atoms with Gasteiger partial charge < -0.3 is 10.1 Å². The summed E-state index contributed by atoms with van der Waals surface area (Å²) in [7, 11) is 0. The van der Waals surface area contributed by atoms with Crippen LogP contribution in [0.15, 0.2) is 58.0 Å². The molecule has 0 unspecified atom stereocenters. The highest BCUT2D eigenvalue weighted by atomic mass is 79.9. The zero-order chi connectivity index (χ0) is 13.8. The molecule has 0 fully saturated rings. The van der Waals surface area contributed by atoms with Gasteiger partial charge >= 0.3 is 0 Å². The van der Waals surface area contributed by atoms with Crippen molar-refractivity contribution in [2.45, 2.75) is 6.61 Å². The standard InChI is InChI=1S/C16H15BrN2O/c17-14-4-6-15(7-5-14)20-11-12-2-1-3-13(10-12)16-18-8-9-19-16/h1-7,10H,8-9,11H2,(H,18,19). The summed E-state index contributed by atoms with van der Waals surface area (Å²) in [6.45, 7) is 2.34. The second kappa shape index (κ2) is 6.09. The number of hydrogen-bond acceptors (Lipinski definition) is 3. The van der Waals surface area contributed by atoms with Crippen LogP contribution in [-0.4, -0.2) is 18.9 Å². The Balaban J connectivity index is 1.68. The number of hydrogen-bond donors (Lipinski definition) is 1. The van der Waals surface area contributed by atoms with Gasteiger partial charge in [0.05, 0.1) is 6.54 Å². The van der Waals surface area contributed by atoms with Gasteiger partial charge in [0.15, 0.2) is 0 Å². The van der Waals surface area contributed by atoms with Crippen molar-refractivity contribution < 1.29 is 4.74 Å². The SMILES string of the molecule is Brc1ccc(OCc2cccc(C3=NCCN3)c2)cc1. The van der Waals surface area contributed by atoms with Crippen molar-refractivity contribution in [3.8, 4) is 5.75 Å². The van der Waals surface area contributed by atoms with Crippen LogP contribution in [0.2, 0.25) is 0 Å². The first-order valence-electron chi connectivity index (χ1n) is 6.57. The number of nitrogens with zero attached hydrogens (tertiary/aromatic N) is 1. The van der Waals surface area contributed by atoms with Gasteiger partial charge in [0.25, 0.3) is 0 Å². The summed E-state index contributed by atoms with van der Waals surface area (Å²) in [6.07, 6.45) is 0. The third kappa shape index (κ3) is 3.20. The van der Waals surface area contributed by atoms with E-state index in [1.54, 1.807) is 0 Å². The fourth-order valence-corrected chi connectivity index (χ4v) is 2.36. The van der Waals surface area contributed by atoms with Crippen LogP contribution >= 0.6 is 15.9 Å². The van der Waals surface area contributed by atoms with E-state index in [1.807, 2.05) is 30.3 Å². The average molecular weight is 331 g/mol. The summed E-state index contributed by atoms with van der Waals surface area (Å²) in [4.78, 5) is 4.43. The third-order valence-corrected chi connectivity index (χ3v) is 3.62. The van der Waals surface area contributed by atoms with Crippen LogP contribution < -0.4 is 10.1 Å². The van der Waals surface area contributed by atoms with Gasteiger partial charge in [0.1, 0.15) is 18.2 Å². The second-order valence-corrected chi connectivity index (χ2v) is 5.52. The molecule has 0 amide bonds. The van der Waals surface area contributed by atoms with Crippen molar-refractivity contribution >= 4 is 21.8 Å². The molecule has 3 nitrogen and oxygen atoms in total. The molecule has 20 heavy (non-hydrogen) atoms. The third-order valence-electron chi connectivity index (χ3n) is 3.09. The van der Waals surface area contributed by atoms with Gasteiger partial charge in [0.2, 0.25) is 0 Å². The number of nitrogens with one attached hydrogen (secondary N) is 1. The molecule has 0 radical (unpaired) electrons. The Bertz CT molecular complexity index is 623. The molecule has 1 aliphatic heterocycles. The van der Waals surface area contributed by atoms with Crippen molar-refractivity contribution in [2.75, 3.05) is 13.1 Å². The van der Waals surface area contributed by atoms with E-state index in [4.69, 9.17) is 4.74 Å². The predicted octanol–water partition coefficient (Wildman–Crippen LogP) is 3.38. The lowest BCUT2D eigenvalue weighted by molar-refractivity contribution is 0.306. The normalized spacial score (nSPS) is 13.8. The maximum absolute atomic E-state index is 5.78. The predicted molar refractivity (Wildman–Crippen MR) is 84.3 cm³/mol. The minimum atomic E-state index is 0.558. The topological polar surface area (TPSA) is 33.6 Å². The summed E-state index contributed by atoms with van der Waals surface area (Å²) >= 11 is 3.41. The second-order valence-electron chi connectivity index (χ2n) is 4.60. The van der Waals surface area contributed by atoms with Gasteiger partial charge in [-0.1, -0.05) is 34.1 Å². The van der Waals surface area contributed by atoms with E-state index in [2.05, 4.69) is 44.4 Å². The molecule has 102 valence electrons. The Morgan fingerprint density at radius 2 is 2.00 bits per heavy atom. The lowest BCUT2D eigenvalue weighted by Crippen LogP contribution is -2.19. The van der Waals surface area contributed by atoms with Crippen LogP contribution in [0.5, 0.6) is 5.75 Å². The number of benzene rings is 2. The first-order chi connectivity index (χ1) is 9.81. The lowest BCUT2D eigenvalue weighted by atomic mass is 10.1. The molecule has 0 saturated heterocycles. The van der Waals surface area contributed by atoms with Gasteiger partial charge in [-0.25, -0.2) is 0 Å². The van der Waals surface area contributed by atoms with Gasteiger partial charge in [0, 0.05) is 16.6 Å². The number of aliphatic imine (C=N–C) groups is 1. The zero-order valence-electron chi connectivity index (χ0n) is 11.0. The molecule has 0 atom stereocenters. The molecule has 2 aromatic rings. The van der Waals surface area contributed by atoms with Crippen molar-refractivity contribution in [1.29, 1.82) is 0 Å².